The third-order valence-corrected chi connectivity index (χ3v) is 3.17. The van der Waals surface area contributed by atoms with Crippen molar-refractivity contribution >= 4 is 5.69 Å². The van der Waals surface area contributed by atoms with Gasteiger partial charge in [0.05, 0.1) is 5.69 Å². The average Bonchev–Trinajstić information content (AvgIpc) is 2.68. The first-order valence-electron chi connectivity index (χ1n) is 5.70. The van der Waals surface area contributed by atoms with Gasteiger partial charge in [0.15, 0.2) is 11.6 Å². The molecule has 0 heterocycles. The Morgan fingerprint density at radius 2 is 1.82 bits per heavy atom. The molecule has 0 bridgehead atoms. The van der Waals surface area contributed by atoms with Crippen molar-refractivity contribution < 1.29 is 13.2 Å². The monoisotopic (exact) mass is 244 g/mol. The highest BCUT2D eigenvalue weighted by atomic mass is 19.2. The molecule has 1 aromatic carbocycles. The van der Waals surface area contributed by atoms with Crippen molar-refractivity contribution in [3.63, 3.8) is 0 Å². The van der Waals surface area contributed by atoms with Crippen molar-refractivity contribution in [2.24, 2.45) is 11.7 Å². The third kappa shape index (κ3) is 2.91. The van der Waals surface area contributed by atoms with E-state index in [1.54, 1.807) is 0 Å². The van der Waals surface area contributed by atoms with Gasteiger partial charge in [-0.05, 0) is 25.2 Å². The molecule has 1 fully saturated rings. The second kappa shape index (κ2) is 4.96. The van der Waals surface area contributed by atoms with E-state index in [9.17, 15) is 13.2 Å². The summed E-state index contributed by atoms with van der Waals surface area (Å²) in [6.45, 7) is 0.537. The molecule has 0 unspecified atom stereocenters. The maximum atomic E-state index is 13.3. The summed E-state index contributed by atoms with van der Waals surface area (Å²) in [6.07, 6.45) is 2.84. The fourth-order valence-electron chi connectivity index (χ4n) is 2.21. The Balaban J connectivity index is 1.97. The van der Waals surface area contributed by atoms with Crippen LogP contribution >= 0.6 is 0 Å². The van der Waals surface area contributed by atoms with E-state index in [1.807, 2.05) is 0 Å². The maximum Gasteiger partial charge on any atom is 0.161 e. The Labute approximate surface area is 98.0 Å². The van der Waals surface area contributed by atoms with Crippen LogP contribution in [0.5, 0.6) is 0 Å². The molecule has 17 heavy (non-hydrogen) atoms. The molecule has 1 saturated carbocycles. The van der Waals surface area contributed by atoms with Crippen LogP contribution in [-0.4, -0.2) is 12.6 Å². The molecule has 2 rings (SSSR count). The number of hydrogen-bond acceptors (Lipinski definition) is 2. The summed E-state index contributed by atoms with van der Waals surface area (Å²) in [5, 5.41) is 2.81. The van der Waals surface area contributed by atoms with Gasteiger partial charge in [-0.15, -0.1) is 0 Å². The summed E-state index contributed by atoms with van der Waals surface area (Å²) < 4.78 is 38.9. The van der Waals surface area contributed by atoms with Crippen LogP contribution in [0.1, 0.15) is 19.3 Å². The van der Waals surface area contributed by atoms with Gasteiger partial charge in [0.1, 0.15) is 5.82 Å². The number of nitrogens with two attached hydrogens (primary N) is 1. The Kier molecular flexibility index (Phi) is 3.57. The highest BCUT2D eigenvalue weighted by Crippen LogP contribution is 2.25. The predicted molar refractivity (Wildman–Crippen MR) is 60.1 cm³/mol. The molecule has 0 aliphatic heterocycles. The SMILES string of the molecule is N[C@H]1CC[C@@H](CNc2cc(F)c(F)cc2F)C1. The number of benzene rings is 1. The Hall–Kier alpha value is -1.23. The summed E-state index contributed by atoms with van der Waals surface area (Å²) >= 11 is 0. The van der Waals surface area contributed by atoms with Gasteiger partial charge in [-0.2, -0.15) is 0 Å². The maximum absolute atomic E-state index is 13.3. The molecule has 1 aliphatic carbocycles. The third-order valence-electron chi connectivity index (χ3n) is 3.17. The van der Waals surface area contributed by atoms with E-state index in [1.165, 1.54) is 0 Å². The first-order valence-corrected chi connectivity index (χ1v) is 5.70. The molecule has 1 aromatic rings. The molecule has 0 saturated heterocycles. The number of hydrogen-bond donors (Lipinski definition) is 2. The van der Waals surface area contributed by atoms with Crippen LogP contribution in [0, 0.1) is 23.4 Å². The van der Waals surface area contributed by atoms with Crippen LogP contribution in [0.4, 0.5) is 18.9 Å². The van der Waals surface area contributed by atoms with Gasteiger partial charge in [-0.3, -0.25) is 0 Å². The first-order chi connectivity index (χ1) is 8.06. The highest BCUT2D eigenvalue weighted by Gasteiger charge is 2.21. The van der Waals surface area contributed by atoms with E-state index in [0.29, 0.717) is 18.5 Å². The van der Waals surface area contributed by atoms with Gasteiger partial charge >= 0.3 is 0 Å². The van der Waals surface area contributed by atoms with E-state index in [4.69, 9.17) is 5.73 Å². The molecule has 0 aromatic heterocycles. The van der Waals surface area contributed by atoms with E-state index in [-0.39, 0.29) is 11.7 Å². The van der Waals surface area contributed by atoms with Crippen LogP contribution in [0.2, 0.25) is 0 Å². The zero-order chi connectivity index (χ0) is 12.4. The van der Waals surface area contributed by atoms with Crippen LogP contribution in [0.15, 0.2) is 12.1 Å². The van der Waals surface area contributed by atoms with E-state index in [0.717, 1.165) is 25.3 Å². The quantitative estimate of drug-likeness (QED) is 0.802. The lowest BCUT2D eigenvalue weighted by Gasteiger charge is -2.13. The topological polar surface area (TPSA) is 38.0 Å². The molecule has 94 valence electrons. The normalized spacial score (nSPS) is 24.0. The van der Waals surface area contributed by atoms with E-state index < -0.39 is 17.5 Å². The zero-order valence-electron chi connectivity index (χ0n) is 9.35. The predicted octanol–water partition coefficient (Wildman–Crippen LogP) is 2.64. The van der Waals surface area contributed by atoms with Crippen molar-refractivity contribution in [1.29, 1.82) is 0 Å². The summed E-state index contributed by atoms with van der Waals surface area (Å²) in [5.41, 5.74) is 5.76. The van der Waals surface area contributed by atoms with Crippen molar-refractivity contribution in [2.45, 2.75) is 25.3 Å². The van der Waals surface area contributed by atoms with E-state index in [2.05, 4.69) is 5.32 Å². The minimum absolute atomic E-state index is 0.00405. The first kappa shape index (κ1) is 12.2. The van der Waals surface area contributed by atoms with Gasteiger partial charge in [-0.25, -0.2) is 13.2 Å². The van der Waals surface area contributed by atoms with Crippen molar-refractivity contribution in [3.05, 3.63) is 29.6 Å². The minimum atomic E-state index is -1.17. The van der Waals surface area contributed by atoms with Crippen molar-refractivity contribution in [3.8, 4) is 0 Å². The lowest BCUT2D eigenvalue weighted by atomic mass is 10.1. The molecule has 0 radical (unpaired) electrons. The molecule has 1 aliphatic rings. The minimum Gasteiger partial charge on any atom is -0.382 e. The molecule has 5 heteroatoms. The molecule has 2 atom stereocenters. The summed E-state index contributed by atoms with van der Waals surface area (Å²) in [4.78, 5) is 0. The Bertz CT molecular complexity index is 409. The number of halogens is 3. The average molecular weight is 244 g/mol. The Morgan fingerprint density at radius 1 is 1.12 bits per heavy atom. The van der Waals surface area contributed by atoms with Gasteiger partial charge in [-0.1, -0.05) is 0 Å². The van der Waals surface area contributed by atoms with Crippen molar-refractivity contribution in [2.75, 3.05) is 11.9 Å². The van der Waals surface area contributed by atoms with Gasteiger partial charge in [0.2, 0.25) is 0 Å². The lowest BCUT2D eigenvalue weighted by Crippen LogP contribution is -2.18. The smallest absolute Gasteiger partial charge is 0.161 e. The second-order valence-electron chi connectivity index (χ2n) is 4.57. The van der Waals surface area contributed by atoms with Crippen LogP contribution in [0.25, 0.3) is 0 Å². The molecule has 0 spiro atoms. The Morgan fingerprint density at radius 3 is 2.47 bits per heavy atom. The second-order valence-corrected chi connectivity index (χ2v) is 4.57. The molecule has 0 amide bonds. The van der Waals surface area contributed by atoms with Gasteiger partial charge in [0, 0.05) is 24.7 Å². The molecular formula is C12H15F3N2. The number of anilines is 1. The van der Waals surface area contributed by atoms with Gasteiger partial charge < -0.3 is 11.1 Å². The van der Waals surface area contributed by atoms with E-state index >= 15 is 0 Å². The summed E-state index contributed by atoms with van der Waals surface area (Å²) in [5.74, 6) is -2.61. The summed E-state index contributed by atoms with van der Waals surface area (Å²) in [7, 11) is 0. The highest BCUT2D eigenvalue weighted by molar-refractivity contribution is 5.45. The van der Waals surface area contributed by atoms with Crippen LogP contribution in [-0.2, 0) is 0 Å². The lowest BCUT2D eigenvalue weighted by molar-refractivity contribution is 0.495. The number of rotatable bonds is 3. The largest absolute Gasteiger partial charge is 0.382 e. The molecule has 2 nitrogen and oxygen atoms in total. The van der Waals surface area contributed by atoms with Gasteiger partial charge in [0.25, 0.3) is 0 Å². The summed E-state index contributed by atoms with van der Waals surface area (Å²) in [6, 6.07) is 1.61. The molecular weight excluding hydrogens is 229 g/mol. The molecule has 3 N–H and O–H groups in total. The number of nitrogens with one attached hydrogen (secondary N) is 1. The van der Waals surface area contributed by atoms with Crippen molar-refractivity contribution in [1.82, 2.24) is 0 Å². The zero-order valence-corrected chi connectivity index (χ0v) is 9.35. The van der Waals surface area contributed by atoms with Crippen LogP contribution < -0.4 is 11.1 Å². The fraction of sp³-hybridized carbons (Fsp3) is 0.500. The van der Waals surface area contributed by atoms with Crippen LogP contribution in [0.3, 0.4) is 0 Å². The fourth-order valence-corrected chi connectivity index (χ4v) is 2.21. The standard InChI is InChI=1S/C12H15F3N2/c13-9-4-11(15)12(5-10(9)14)17-6-7-1-2-8(16)3-7/h4-5,7-8,17H,1-3,6,16H2/t7-,8+/m1/s1.